The first-order chi connectivity index (χ1) is 13.6. The summed E-state index contributed by atoms with van der Waals surface area (Å²) in [6.07, 6.45) is 2.91. The molecule has 1 aliphatic heterocycles. The summed E-state index contributed by atoms with van der Waals surface area (Å²) < 4.78 is 20.5. The minimum Gasteiger partial charge on any atom is -0.481 e. The number of hydrogen-bond acceptors (Lipinski definition) is 4. The van der Waals surface area contributed by atoms with E-state index in [9.17, 15) is 14.0 Å². The number of amides is 1. The van der Waals surface area contributed by atoms with Crippen molar-refractivity contribution in [2.75, 3.05) is 19.7 Å². The minimum absolute atomic E-state index is 0.00106. The van der Waals surface area contributed by atoms with Gasteiger partial charge in [-0.3, -0.25) is 14.2 Å². The van der Waals surface area contributed by atoms with E-state index < -0.39 is 5.82 Å². The summed E-state index contributed by atoms with van der Waals surface area (Å²) in [5, 5.41) is 0.599. The SMILES string of the molecule is O=C(COc1ccccc1F)N1CCC(n2cnc3ccccc3c2=O)CC1. The van der Waals surface area contributed by atoms with E-state index in [1.54, 1.807) is 34.0 Å². The van der Waals surface area contributed by atoms with Gasteiger partial charge in [-0.05, 0) is 37.1 Å². The number of fused-ring (bicyclic) bond motifs is 1. The maximum Gasteiger partial charge on any atom is 0.261 e. The van der Waals surface area contributed by atoms with Gasteiger partial charge < -0.3 is 9.64 Å². The topological polar surface area (TPSA) is 64.4 Å². The molecule has 1 aromatic heterocycles. The highest BCUT2D eigenvalue weighted by Crippen LogP contribution is 2.22. The van der Waals surface area contributed by atoms with Crippen molar-refractivity contribution in [3.05, 3.63) is 71.0 Å². The predicted octanol–water partition coefficient (Wildman–Crippen LogP) is 2.78. The molecule has 0 bridgehead atoms. The first kappa shape index (κ1) is 18.2. The number of aromatic nitrogens is 2. The molecule has 0 saturated carbocycles. The van der Waals surface area contributed by atoms with E-state index in [0.717, 1.165) is 0 Å². The number of nitrogens with zero attached hydrogens (tertiary/aromatic N) is 3. The molecule has 144 valence electrons. The second-order valence-electron chi connectivity index (χ2n) is 6.81. The predicted molar refractivity (Wildman–Crippen MR) is 103 cm³/mol. The Hall–Kier alpha value is -3.22. The zero-order chi connectivity index (χ0) is 19.5. The molecule has 0 radical (unpaired) electrons. The van der Waals surface area contributed by atoms with Crippen molar-refractivity contribution in [1.82, 2.24) is 14.5 Å². The van der Waals surface area contributed by atoms with Crippen LogP contribution in [0.3, 0.4) is 0 Å². The Morgan fingerprint density at radius 1 is 1.11 bits per heavy atom. The molecule has 2 aromatic carbocycles. The van der Waals surface area contributed by atoms with Crippen molar-refractivity contribution in [3.63, 3.8) is 0 Å². The number of halogens is 1. The van der Waals surface area contributed by atoms with Gasteiger partial charge in [0.05, 0.1) is 17.2 Å². The fourth-order valence-corrected chi connectivity index (χ4v) is 3.53. The number of likely N-dealkylation sites (tertiary alicyclic amines) is 1. The molecule has 0 unspecified atom stereocenters. The summed E-state index contributed by atoms with van der Waals surface area (Å²) in [6, 6.07) is 13.3. The van der Waals surface area contributed by atoms with Crippen molar-refractivity contribution in [3.8, 4) is 5.75 Å². The van der Waals surface area contributed by atoms with Gasteiger partial charge in [-0.2, -0.15) is 0 Å². The van der Waals surface area contributed by atoms with E-state index in [2.05, 4.69) is 4.98 Å². The normalized spacial score (nSPS) is 15.0. The summed E-state index contributed by atoms with van der Waals surface area (Å²) in [4.78, 5) is 31.1. The molecule has 7 heteroatoms. The lowest BCUT2D eigenvalue weighted by Gasteiger charge is -2.32. The molecular formula is C21H20FN3O3. The van der Waals surface area contributed by atoms with E-state index in [-0.39, 0.29) is 29.9 Å². The fourth-order valence-electron chi connectivity index (χ4n) is 3.53. The molecule has 28 heavy (non-hydrogen) atoms. The first-order valence-corrected chi connectivity index (χ1v) is 9.24. The molecule has 0 atom stereocenters. The van der Waals surface area contributed by atoms with Crippen LogP contribution in [0.4, 0.5) is 4.39 Å². The van der Waals surface area contributed by atoms with Crippen LogP contribution in [-0.4, -0.2) is 40.1 Å². The van der Waals surface area contributed by atoms with Crippen LogP contribution in [0.25, 0.3) is 10.9 Å². The summed E-state index contributed by atoms with van der Waals surface area (Å²) in [7, 11) is 0. The Kier molecular flexibility index (Phi) is 5.06. The Bertz CT molecular complexity index is 1060. The van der Waals surface area contributed by atoms with Gasteiger partial charge in [0.1, 0.15) is 0 Å². The van der Waals surface area contributed by atoms with Gasteiger partial charge in [-0.1, -0.05) is 24.3 Å². The van der Waals surface area contributed by atoms with Gasteiger partial charge in [0.25, 0.3) is 11.5 Å². The van der Waals surface area contributed by atoms with Crippen LogP contribution < -0.4 is 10.3 Å². The standard InChI is InChI=1S/C21H20FN3O3/c22-17-6-2-4-8-19(17)28-13-20(26)24-11-9-15(10-12-24)25-14-23-18-7-3-1-5-16(18)21(25)27/h1-8,14-15H,9-13H2. The Labute approximate surface area is 161 Å². The second-order valence-corrected chi connectivity index (χ2v) is 6.81. The summed E-state index contributed by atoms with van der Waals surface area (Å²) in [6.45, 7) is 0.829. The van der Waals surface area contributed by atoms with Crippen LogP contribution in [0.2, 0.25) is 0 Å². The molecule has 1 saturated heterocycles. The highest BCUT2D eigenvalue weighted by atomic mass is 19.1. The van der Waals surface area contributed by atoms with Gasteiger partial charge in [0.2, 0.25) is 0 Å². The summed E-state index contributed by atoms with van der Waals surface area (Å²) in [5.74, 6) is -0.609. The second kappa shape index (κ2) is 7.80. The van der Waals surface area contributed by atoms with Crippen molar-refractivity contribution in [2.45, 2.75) is 18.9 Å². The lowest BCUT2D eigenvalue weighted by atomic mass is 10.0. The van der Waals surface area contributed by atoms with Gasteiger partial charge >= 0.3 is 0 Å². The van der Waals surface area contributed by atoms with E-state index >= 15 is 0 Å². The van der Waals surface area contributed by atoms with Crippen molar-refractivity contribution < 1.29 is 13.9 Å². The van der Waals surface area contributed by atoms with E-state index in [0.29, 0.717) is 36.8 Å². The number of para-hydroxylation sites is 2. The van der Waals surface area contributed by atoms with Crippen LogP contribution in [-0.2, 0) is 4.79 Å². The molecule has 1 fully saturated rings. The first-order valence-electron chi connectivity index (χ1n) is 9.24. The Morgan fingerprint density at radius 3 is 2.61 bits per heavy atom. The van der Waals surface area contributed by atoms with Crippen LogP contribution in [0.5, 0.6) is 5.75 Å². The van der Waals surface area contributed by atoms with Gasteiger partial charge in [-0.25, -0.2) is 9.37 Å². The molecule has 2 heterocycles. The molecular weight excluding hydrogens is 361 g/mol. The molecule has 1 amide bonds. The highest BCUT2D eigenvalue weighted by molar-refractivity contribution is 5.78. The van der Waals surface area contributed by atoms with Crippen LogP contribution in [0, 0.1) is 5.82 Å². The molecule has 0 spiro atoms. The number of carbonyl (C=O) groups excluding carboxylic acids is 1. The zero-order valence-corrected chi connectivity index (χ0v) is 15.3. The quantitative estimate of drug-likeness (QED) is 0.697. The number of hydrogen-bond donors (Lipinski definition) is 0. The molecule has 6 nitrogen and oxygen atoms in total. The third-order valence-corrected chi connectivity index (χ3v) is 5.09. The van der Waals surface area contributed by atoms with Crippen molar-refractivity contribution in [1.29, 1.82) is 0 Å². The molecule has 3 aromatic rings. The Morgan fingerprint density at radius 2 is 1.82 bits per heavy atom. The molecule has 0 N–H and O–H groups in total. The molecule has 0 aliphatic carbocycles. The van der Waals surface area contributed by atoms with Crippen molar-refractivity contribution >= 4 is 16.8 Å². The third-order valence-electron chi connectivity index (χ3n) is 5.09. The third kappa shape index (κ3) is 3.60. The maximum atomic E-state index is 13.6. The van der Waals surface area contributed by atoms with Gasteiger partial charge in [0, 0.05) is 19.1 Å². The van der Waals surface area contributed by atoms with Crippen LogP contribution in [0.1, 0.15) is 18.9 Å². The van der Waals surface area contributed by atoms with E-state index in [1.165, 1.54) is 12.1 Å². The van der Waals surface area contributed by atoms with E-state index in [1.807, 2.05) is 18.2 Å². The number of benzene rings is 2. The van der Waals surface area contributed by atoms with E-state index in [4.69, 9.17) is 4.74 Å². The lowest BCUT2D eigenvalue weighted by Crippen LogP contribution is -2.42. The number of ether oxygens (including phenoxy) is 1. The lowest BCUT2D eigenvalue weighted by molar-refractivity contribution is -0.134. The average Bonchev–Trinajstić information content (AvgIpc) is 2.74. The monoisotopic (exact) mass is 381 g/mol. The molecule has 4 rings (SSSR count). The van der Waals surface area contributed by atoms with Crippen LogP contribution in [0.15, 0.2) is 59.7 Å². The Balaban J connectivity index is 1.38. The largest absolute Gasteiger partial charge is 0.481 e. The van der Waals surface area contributed by atoms with Gasteiger partial charge in [-0.15, -0.1) is 0 Å². The smallest absolute Gasteiger partial charge is 0.261 e. The number of rotatable bonds is 4. The maximum absolute atomic E-state index is 13.6. The zero-order valence-electron chi connectivity index (χ0n) is 15.3. The average molecular weight is 381 g/mol. The number of piperidine rings is 1. The summed E-state index contributed by atoms with van der Waals surface area (Å²) >= 11 is 0. The minimum atomic E-state index is -0.489. The highest BCUT2D eigenvalue weighted by Gasteiger charge is 2.25. The summed E-state index contributed by atoms with van der Waals surface area (Å²) in [5.41, 5.74) is 0.625. The number of carbonyl (C=O) groups is 1. The fraction of sp³-hybridized carbons (Fsp3) is 0.286. The van der Waals surface area contributed by atoms with Crippen molar-refractivity contribution in [2.24, 2.45) is 0 Å². The van der Waals surface area contributed by atoms with Gasteiger partial charge in [0.15, 0.2) is 18.2 Å². The van der Waals surface area contributed by atoms with Crippen LogP contribution >= 0.6 is 0 Å². The molecule has 1 aliphatic rings.